The highest BCUT2D eigenvalue weighted by molar-refractivity contribution is 7.13. The summed E-state index contributed by atoms with van der Waals surface area (Å²) in [5.74, 6) is -0.263. The lowest BCUT2D eigenvalue weighted by atomic mass is 10.1. The van der Waals surface area contributed by atoms with E-state index in [9.17, 15) is 9.59 Å². The molecule has 0 spiro atoms. The van der Waals surface area contributed by atoms with Crippen LogP contribution in [-0.4, -0.2) is 22.8 Å². The van der Waals surface area contributed by atoms with E-state index >= 15 is 0 Å². The van der Waals surface area contributed by atoms with Crippen LogP contribution in [0.15, 0.2) is 42.3 Å². The van der Waals surface area contributed by atoms with Gasteiger partial charge in [0.05, 0.1) is 0 Å². The number of hydrogen-bond donors (Lipinski definition) is 2. The molecule has 1 fully saturated rings. The SMILES string of the molecule is C=CC(=O)N[C@@H]1CC[C@@H](C(=O)Nc2cccc(-c3nc(C)cs3)c2)C1. The zero-order valence-corrected chi connectivity index (χ0v) is 14.9. The monoisotopic (exact) mass is 355 g/mol. The minimum atomic E-state index is -0.183. The maximum absolute atomic E-state index is 12.5. The van der Waals surface area contributed by atoms with Gasteiger partial charge in [-0.1, -0.05) is 18.7 Å². The van der Waals surface area contributed by atoms with Crippen molar-refractivity contribution in [1.29, 1.82) is 0 Å². The number of thiazole rings is 1. The summed E-state index contributed by atoms with van der Waals surface area (Å²) in [5, 5.41) is 8.82. The third kappa shape index (κ3) is 4.33. The predicted molar refractivity (Wildman–Crippen MR) is 100 cm³/mol. The van der Waals surface area contributed by atoms with Crippen LogP contribution in [-0.2, 0) is 9.59 Å². The lowest BCUT2D eigenvalue weighted by Crippen LogP contribution is -2.32. The van der Waals surface area contributed by atoms with Gasteiger partial charge in [0.25, 0.3) is 0 Å². The van der Waals surface area contributed by atoms with E-state index in [4.69, 9.17) is 0 Å². The molecule has 0 unspecified atom stereocenters. The van der Waals surface area contributed by atoms with Crippen LogP contribution in [0.4, 0.5) is 5.69 Å². The Kier molecular flexibility index (Phi) is 5.28. The first-order valence-corrected chi connectivity index (χ1v) is 9.19. The normalized spacial score (nSPS) is 19.4. The van der Waals surface area contributed by atoms with Crippen LogP contribution in [0.2, 0.25) is 0 Å². The third-order valence-electron chi connectivity index (χ3n) is 4.33. The van der Waals surface area contributed by atoms with Crippen LogP contribution in [0.25, 0.3) is 10.6 Å². The number of aryl methyl sites for hydroxylation is 1. The summed E-state index contributed by atoms with van der Waals surface area (Å²) >= 11 is 1.59. The van der Waals surface area contributed by atoms with Crippen LogP contribution >= 0.6 is 11.3 Å². The van der Waals surface area contributed by atoms with E-state index in [0.717, 1.165) is 34.8 Å². The summed E-state index contributed by atoms with van der Waals surface area (Å²) in [4.78, 5) is 28.4. The van der Waals surface area contributed by atoms with Crippen molar-refractivity contribution in [2.45, 2.75) is 32.2 Å². The number of nitrogens with zero attached hydrogens (tertiary/aromatic N) is 1. The van der Waals surface area contributed by atoms with Gasteiger partial charge in [-0.25, -0.2) is 4.98 Å². The van der Waals surface area contributed by atoms with Crippen molar-refractivity contribution >= 4 is 28.8 Å². The van der Waals surface area contributed by atoms with Gasteiger partial charge in [0.2, 0.25) is 11.8 Å². The summed E-state index contributed by atoms with van der Waals surface area (Å²) in [6, 6.07) is 7.79. The van der Waals surface area contributed by atoms with Crippen molar-refractivity contribution in [3.05, 3.63) is 48.0 Å². The first-order valence-electron chi connectivity index (χ1n) is 8.31. The standard InChI is InChI=1S/C19H21N3O2S/c1-3-17(23)21-16-8-7-13(9-16)18(24)22-15-6-4-5-14(10-15)19-20-12(2)11-25-19/h3-6,10-11,13,16H,1,7-9H2,2H3,(H,21,23)(H,22,24)/t13-,16-/m1/s1. The van der Waals surface area contributed by atoms with Gasteiger partial charge in [-0.3, -0.25) is 9.59 Å². The first-order chi connectivity index (χ1) is 12.0. The molecule has 0 aliphatic heterocycles. The zero-order valence-electron chi connectivity index (χ0n) is 14.1. The van der Waals surface area contributed by atoms with Gasteiger partial charge in [-0.05, 0) is 44.4 Å². The topological polar surface area (TPSA) is 71.1 Å². The summed E-state index contributed by atoms with van der Waals surface area (Å²) in [7, 11) is 0. The Balaban J connectivity index is 1.62. The number of benzene rings is 1. The average molecular weight is 355 g/mol. The highest BCUT2D eigenvalue weighted by Gasteiger charge is 2.30. The molecular weight excluding hydrogens is 334 g/mol. The van der Waals surface area contributed by atoms with E-state index in [1.165, 1.54) is 6.08 Å². The molecule has 25 heavy (non-hydrogen) atoms. The second kappa shape index (κ2) is 7.61. The molecule has 5 nitrogen and oxygen atoms in total. The minimum absolute atomic E-state index is 0.00261. The Morgan fingerprint density at radius 1 is 1.36 bits per heavy atom. The fraction of sp³-hybridized carbons (Fsp3) is 0.316. The van der Waals surface area contributed by atoms with Gasteiger partial charge in [0.1, 0.15) is 5.01 Å². The minimum Gasteiger partial charge on any atom is -0.350 e. The second-order valence-electron chi connectivity index (χ2n) is 6.28. The Hall–Kier alpha value is -2.47. The van der Waals surface area contributed by atoms with Crippen molar-refractivity contribution in [2.75, 3.05) is 5.32 Å². The number of carbonyl (C=O) groups excluding carboxylic acids is 2. The van der Waals surface area contributed by atoms with Crippen molar-refractivity contribution in [2.24, 2.45) is 5.92 Å². The summed E-state index contributed by atoms with van der Waals surface area (Å²) < 4.78 is 0. The van der Waals surface area contributed by atoms with Gasteiger partial charge in [0, 0.05) is 34.3 Å². The highest BCUT2D eigenvalue weighted by Crippen LogP contribution is 2.29. The molecule has 0 bridgehead atoms. The summed E-state index contributed by atoms with van der Waals surface area (Å²) in [6.45, 7) is 5.42. The molecule has 2 amide bonds. The molecule has 3 rings (SSSR count). The van der Waals surface area contributed by atoms with Crippen LogP contribution in [0.5, 0.6) is 0 Å². The van der Waals surface area contributed by atoms with E-state index < -0.39 is 0 Å². The third-order valence-corrected chi connectivity index (χ3v) is 5.34. The fourth-order valence-electron chi connectivity index (χ4n) is 3.07. The first kappa shape index (κ1) is 17.4. The van der Waals surface area contributed by atoms with Gasteiger partial charge in [0.15, 0.2) is 0 Å². The van der Waals surface area contributed by atoms with E-state index in [0.29, 0.717) is 6.42 Å². The Morgan fingerprint density at radius 3 is 2.92 bits per heavy atom. The van der Waals surface area contributed by atoms with E-state index in [1.54, 1.807) is 11.3 Å². The number of nitrogens with one attached hydrogen (secondary N) is 2. The fourth-order valence-corrected chi connectivity index (χ4v) is 3.87. The maximum Gasteiger partial charge on any atom is 0.243 e. The van der Waals surface area contributed by atoms with Gasteiger partial charge in [-0.2, -0.15) is 0 Å². The number of amides is 2. The number of aromatic nitrogens is 1. The smallest absolute Gasteiger partial charge is 0.243 e. The largest absolute Gasteiger partial charge is 0.350 e. The predicted octanol–water partition coefficient (Wildman–Crippen LogP) is 3.53. The number of rotatable bonds is 5. The molecule has 1 aromatic carbocycles. The number of anilines is 1. The lowest BCUT2D eigenvalue weighted by Gasteiger charge is -2.13. The maximum atomic E-state index is 12.5. The molecule has 0 saturated heterocycles. The summed E-state index contributed by atoms with van der Waals surface area (Å²) in [5.41, 5.74) is 2.76. The van der Waals surface area contributed by atoms with Crippen molar-refractivity contribution in [3.8, 4) is 10.6 Å². The Bertz CT molecular complexity index is 799. The van der Waals surface area contributed by atoms with E-state index in [-0.39, 0.29) is 23.8 Å². The molecule has 1 aliphatic rings. The van der Waals surface area contributed by atoms with Crippen LogP contribution in [0, 0.1) is 12.8 Å². The molecule has 1 heterocycles. The van der Waals surface area contributed by atoms with E-state index in [2.05, 4.69) is 22.2 Å². The van der Waals surface area contributed by atoms with Crippen molar-refractivity contribution in [3.63, 3.8) is 0 Å². The number of carbonyl (C=O) groups is 2. The zero-order chi connectivity index (χ0) is 17.8. The Morgan fingerprint density at radius 2 is 2.20 bits per heavy atom. The molecular formula is C19H21N3O2S. The van der Waals surface area contributed by atoms with Gasteiger partial charge in [-0.15, -0.1) is 11.3 Å². The molecule has 130 valence electrons. The quantitative estimate of drug-likeness (QED) is 0.806. The lowest BCUT2D eigenvalue weighted by molar-refractivity contribution is -0.120. The second-order valence-corrected chi connectivity index (χ2v) is 7.14. The van der Waals surface area contributed by atoms with Crippen LogP contribution in [0.3, 0.4) is 0 Å². The molecule has 2 N–H and O–H groups in total. The molecule has 1 aromatic heterocycles. The van der Waals surface area contributed by atoms with Gasteiger partial charge < -0.3 is 10.6 Å². The molecule has 6 heteroatoms. The molecule has 2 atom stereocenters. The van der Waals surface area contributed by atoms with Gasteiger partial charge >= 0.3 is 0 Å². The van der Waals surface area contributed by atoms with Crippen molar-refractivity contribution < 1.29 is 9.59 Å². The highest BCUT2D eigenvalue weighted by atomic mass is 32.1. The van der Waals surface area contributed by atoms with Crippen LogP contribution < -0.4 is 10.6 Å². The van der Waals surface area contributed by atoms with Crippen molar-refractivity contribution in [1.82, 2.24) is 10.3 Å². The molecule has 0 radical (unpaired) electrons. The molecule has 2 aromatic rings. The molecule has 1 saturated carbocycles. The van der Waals surface area contributed by atoms with Crippen LogP contribution in [0.1, 0.15) is 25.0 Å². The molecule has 1 aliphatic carbocycles. The van der Waals surface area contributed by atoms with E-state index in [1.807, 2.05) is 36.6 Å². The average Bonchev–Trinajstić information content (AvgIpc) is 3.24. The number of hydrogen-bond acceptors (Lipinski definition) is 4. The Labute approximate surface area is 151 Å². The summed E-state index contributed by atoms with van der Waals surface area (Å²) in [6.07, 6.45) is 3.52.